The highest BCUT2D eigenvalue weighted by atomic mass is 35.5. The van der Waals surface area contributed by atoms with E-state index in [0.717, 1.165) is 28.1 Å². The fraction of sp³-hybridized carbons (Fsp3) is 0.0769. The van der Waals surface area contributed by atoms with Crippen LogP contribution in [0.5, 0.6) is 5.75 Å². The predicted octanol–water partition coefficient (Wildman–Crippen LogP) is 6.99. The number of aromatic amines is 1. The SMILES string of the molecule is COc1ccc(-c2[nH]c(/C=C(\C(=O)O)c3ccc(C)cc3)nc2-c2ccc(Cl)c(Cl)c2)cc1. The summed E-state index contributed by atoms with van der Waals surface area (Å²) in [7, 11) is 1.60. The quantitative estimate of drug-likeness (QED) is 0.292. The number of nitrogens with zero attached hydrogens (tertiary/aromatic N) is 1. The Hall–Kier alpha value is -3.54. The molecule has 2 N–H and O–H groups in total. The normalized spacial score (nSPS) is 11.5. The summed E-state index contributed by atoms with van der Waals surface area (Å²) in [4.78, 5) is 20.0. The number of nitrogens with one attached hydrogen (secondary N) is 1. The maximum atomic E-state index is 12.0. The zero-order valence-electron chi connectivity index (χ0n) is 17.9. The molecule has 0 saturated carbocycles. The van der Waals surface area contributed by atoms with Crippen molar-refractivity contribution in [2.45, 2.75) is 6.92 Å². The number of benzene rings is 3. The minimum atomic E-state index is -1.04. The molecule has 0 spiro atoms. The van der Waals surface area contributed by atoms with Gasteiger partial charge in [-0.15, -0.1) is 0 Å². The number of carbonyl (C=O) groups is 1. The van der Waals surface area contributed by atoms with Gasteiger partial charge in [0, 0.05) is 11.1 Å². The Morgan fingerprint density at radius 1 is 0.970 bits per heavy atom. The van der Waals surface area contributed by atoms with Gasteiger partial charge in [0.1, 0.15) is 11.6 Å². The summed E-state index contributed by atoms with van der Waals surface area (Å²) < 4.78 is 5.26. The minimum absolute atomic E-state index is 0.130. The number of rotatable bonds is 6. The van der Waals surface area contributed by atoms with Crippen molar-refractivity contribution < 1.29 is 14.6 Å². The number of aromatic nitrogens is 2. The Morgan fingerprint density at radius 2 is 1.64 bits per heavy atom. The molecule has 5 nitrogen and oxygen atoms in total. The van der Waals surface area contributed by atoms with Crippen molar-refractivity contribution in [1.29, 1.82) is 0 Å². The van der Waals surface area contributed by atoms with E-state index in [0.29, 0.717) is 27.1 Å². The number of ether oxygens (including phenoxy) is 1. The maximum absolute atomic E-state index is 12.0. The Balaban J connectivity index is 1.87. The molecule has 0 saturated heterocycles. The van der Waals surface area contributed by atoms with Gasteiger partial charge in [0.25, 0.3) is 0 Å². The number of hydrogen-bond donors (Lipinski definition) is 2. The summed E-state index contributed by atoms with van der Waals surface area (Å²) in [6, 6.07) is 20.1. The molecule has 4 aromatic rings. The van der Waals surface area contributed by atoms with Crippen LogP contribution in [0.25, 0.3) is 34.2 Å². The van der Waals surface area contributed by atoms with Crippen LogP contribution in [0.1, 0.15) is 17.0 Å². The lowest BCUT2D eigenvalue weighted by molar-refractivity contribution is -0.130. The number of halogens is 2. The fourth-order valence-electron chi connectivity index (χ4n) is 3.42. The number of aryl methyl sites for hydroxylation is 1. The van der Waals surface area contributed by atoms with E-state index in [2.05, 4.69) is 4.98 Å². The third-order valence-electron chi connectivity index (χ3n) is 5.17. The van der Waals surface area contributed by atoms with E-state index >= 15 is 0 Å². The lowest BCUT2D eigenvalue weighted by Crippen LogP contribution is -2.00. The average Bonchev–Trinajstić information content (AvgIpc) is 3.24. The second-order valence-electron chi connectivity index (χ2n) is 7.43. The van der Waals surface area contributed by atoms with Gasteiger partial charge < -0.3 is 14.8 Å². The maximum Gasteiger partial charge on any atom is 0.336 e. The number of H-pyrrole nitrogens is 1. The van der Waals surface area contributed by atoms with Crippen molar-refractivity contribution in [2.75, 3.05) is 7.11 Å². The van der Waals surface area contributed by atoms with Crippen LogP contribution in [-0.4, -0.2) is 28.2 Å². The highest BCUT2D eigenvalue weighted by molar-refractivity contribution is 6.42. The van der Waals surface area contributed by atoms with E-state index in [9.17, 15) is 9.90 Å². The molecule has 0 aliphatic heterocycles. The first-order valence-corrected chi connectivity index (χ1v) is 10.8. The summed E-state index contributed by atoms with van der Waals surface area (Å²) >= 11 is 12.3. The summed E-state index contributed by atoms with van der Waals surface area (Å²) in [6.45, 7) is 1.95. The van der Waals surface area contributed by atoms with Gasteiger partial charge >= 0.3 is 5.97 Å². The van der Waals surface area contributed by atoms with Crippen molar-refractivity contribution in [3.05, 3.63) is 93.7 Å². The number of aliphatic carboxylic acids is 1. The molecule has 0 radical (unpaired) electrons. The van der Waals surface area contributed by atoms with Gasteiger partial charge in [-0.25, -0.2) is 9.78 Å². The minimum Gasteiger partial charge on any atom is -0.497 e. The van der Waals surface area contributed by atoms with Gasteiger partial charge in [-0.1, -0.05) is 59.1 Å². The molecule has 33 heavy (non-hydrogen) atoms. The highest BCUT2D eigenvalue weighted by Gasteiger charge is 2.17. The van der Waals surface area contributed by atoms with Crippen LogP contribution >= 0.6 is 23.2 Å². The van der Waals surface area contributed by atoms with E-state index in [-0.39, 0.29) is 5.57 Å². The molecule has 0 aliphatic carbocycles. The molecule has 0 fully saturated rings. The van der Waals surface area contributed by atoms with Gasteiger partial charge in [0.05, 0.1) is 34.1 Å². The van der Waals surface area contributed by atoms with Crippen LogP contribution in [0.3, 0.4) is 0 Å². The van der Waals surface area contributed by atoms with Gasteiger partial charge in [-0.05, 0) is 55.0 Å². The van der Waals surface area contributed by atoms with Crippen molar-refractivity contribution in [2.24, 2.45) is 0 Å². The third kappa shape index (κ3) is 4.95. The van der Waals surface area contributed by atoms with Gasteiger partial charge in [-0.3, -0.25) is 0 Å². The van der Waals surface area contributed by atoms with Crippen molar-refractivity contribution in [3.8, 4) is 28.3 Å². The average molecular weight is 479 g/mol. The number of methoxy groups -OCH3 is 1. The third-order valence-corrected chi connectivity index (χ3v) is 5.91. The Bertz CT molecular complexity index is 1340. The summed E-state index contributed by atoms with van der Waals surface area (Å²) in [5, 5.41) is 10.7. The lowest BCUT2D eigenvalue weighted by atomic mass is 10.0. The molecule has 1 heterocycles. The second-order valence-corrected chi connectivity index (χ2v) is 8.25. The first kappa shape index (κ1) is 22.6. The van der Waals surface area contributed by atoms with Crippen molar-refractivity contribution >= 4 is 40.8 Å². The summed E-state index contributed by atoms with van der Waals surface area (Å²) in [5.74, 6) is 0.0826. The molecule has 7 heteroatoms. The van der Waals surface area contributed by atoms with Crippen LogP contribution in [0.2, 0.25) is 10.0 Å². The molecule has 4 rings (SSSR count). The second kappa shape index (κ2) is 9.53. The standard InChI is InChI=1S/C26H20Cl2N2O3/c1-15-3-5-16(6-4-15)20(26(31)32)14-23-29-24(17-7-10-19(33-2)11-8-17)25(30-23)18-9-12-21(27)22(28)13-18/h3-14H,1-2H3,(H,29,30)(H,31,32)/b20-14-. The van der Waals surface area contributed by atoms with Gasteiger partial charge in [0.2, 0.25) is 0 Å². The first-order valence-electron chi connectivity index (χ1n) is 10.1. The van der Waals surface area contributed by atoms with Crippen LogP contribution in [0.15, 0.2) is 66.7 Å². The lowest BCUT2D eigenvalue weighted by Gasteiger charge is -2.06. The number of hydrogen-bond acceptors (Lipinski definition) is 3. The molecule has 0 unspecified atom stereocenters. The molecule has 0 amide bonds. The topological polar surface area (TPSA) is 75.2 Å². The van der Waals surface area contributed by atoms with Crippen molar-refractivity contribution in [1.82, 2.24) is 9.97 Å². The zero-order chi connectivity index (χ0) is 23.5. The molecule has 0 atom stereocenters. The molecule has 0 bridgehead atoms. The summed E-state index contributed by atoms with van der Waals surface area (Å²) in [5.41, 5.74) is 4.71. The zero-order valence-corrected chi connectivity index (χ0v) is 19.4. The van der Waals surface area contributed by atoms with Crippen molar-refractivity contribution in [3.63, 3.8) is 0 Å². The number of imidazole rings is 1. The highest BCUT2D eigenvalue weighted by Crippen LogP contribution is 2.35. The Kier molecular flexibility index (Phi) is 6.54. The van der Waals surface area contributed by atoms with Crippen LogP contribution in [0.4, 0.5) is 0 Å². The van der Waals surface area contributed by atoms with Crippen LogP contribution in [0, 0.1) is 6.92 Å². The van der Waals surface area contributed by atoms with E-state index < -0.39 is 5.97 Å². The predicted molar refractivity (Wildman–Crippen MR) is 133 cm³/mol. The summed E-state index contributed by atoms with van der Waals surface area (Å²) in [6.07, 6.45) is 1.53. The Labute approximate surface area is 201 Å². The largest absolute Gasteiger partial charge is 0.497 e. The number of carboxylic acid groups (broad SMARTS) is 1. The van der Waals surface area contributed by atoms with Crippen LogP contribution < -0.4 is 4.74 Å². The van der Waals surface area contributed by atoms with E-state index in [1.165, 1.54) is 6.08 Å². The fourth-order valence-corrected chi connectivity index (χ4v) is 3.72. The van der Waals surface area contributed by atoms with Gasteiger partial charge in [-0.2, -0.15) is 0 Å². The molecule has 0 aliphatic rings. The number of carboxylic acids is 1. The van der Waals surface area contributed by atoms with E-state index in [4.69, 9.17) is 32.9 Å². The molecule has 1 aromatic heterocycles. The first-order chi connectivity index (χ1) is 15.9. The van der Waals surface area contributed by atoms with Crippen LogP contribution in [-0.2, 0) is 4.79 Å². The smallest absolute Gasteiger partial charge is 0.336 e. The molecular formula is C26H20Cl2N2O3. The monoisotopic (exact) mass is 478 g/mol. The van der Waals surface area contributed by atoms with Gasteiger partial charge in [0.15, 0.2) is 0 Å². The molecule has 3 aromatic carbocycles. The van der Waals surface area contributed by atoms with E-state index in [1.54, 1.807) is 31.4 Å². The molecular weight excluding hydrogens is 459 g/mol. The van der Waals surface area contributed by atoms with E-state index in [1.807, 2.05) is 49.4 Å². The molecule has 166 valence electrons. The Morgan fingerprint density at radius 3 is 2.24 bits per heavy atom.